The third-order valence-corrected chi connectivity index (χ3v) is 2.12. The summed E-state index contributed by atoms with van der Waals surface area (Å²) < 4.78 is 42.1. The van der Waals surface area contributed by atoms with E-state index in [2.05, 4.69) is 4.74 Å². The predicted octanol–water partition coefficient (Wildman–Crippen LogP) is 2.85. The summed E-state index contributed by atoms with van der Waals surface area (Å²) >= 11 is 0. The molecule has 0 fully saturated rings. The average Bonchev–Trinajstić information content (AvgIpc) is 2.24. The van der Waals surface area contributed by atoms with E-state index in [9.17, 15) is 18.0 Å². The number of aryl methyl sites for hydroxylation is 1. The number of methoxy groups -OCH3 is 1. The van der Waals surface area contributed by atoms with Crippen LogP contribution >= 0.6 is 0 Å². The minimum atomic E-state index is -4.42. The molecule has 0 heterocycles. The minimum absolute atomic E-state index is 0.212. The lowest BCUT2D eigenvalue weighted by Gasteiger charge is -2.12. The first-order chi connectivity index (χ1) is 7.49. The van der Waals surface area contributed by atoms with E-state index in [4.69, 9.17) is 0 Å². The molecule has 0 amide bonds. The molecule has 0 radical (unpaired) electrons. The Hall–Kier alpha value is -1.52. The Balaban J connectivity index is 3.02. The van der Waals surface area contributed by atoms with Crippen LogP contribution in [0.15, 0.2) is 18.2 Å². The number of hydrogen-bond acceptors (Lipinski definition) is 2. The summed E-state index contributed by atoms with van der Waals surface area (Å²) in [7, 11) is 1.19. The van der Waals surface area contributed by atoms with Gasteiger partial charge in [0.05, 0.1) is 12.7 Å². The van der Waals surface area contributed by atoms with Gasteiger partial charge in [0.15, 0.2) is 0 Å². The molecule has 0 saturated heterocycles. The van der Waals surface area contributed by atoms with Gasteiger partial charge in [-0.3, -0.25) is 0 Å². The molecule has 1 rings (SSSR count). The van der Waals surface area contributed by atoms with Crippen LogP contribution in [0, 0.1) is 0 Å². The molecular formula is C11H11F3O2. The average molecular weight is 232 g/mol. The van der Waals surface area contributed by atoms with Crippen LogP contribution in [0.2, 0.25) is 0 Å². The maximum absolute atomic E-state index is 12.5. The highest BCUT2D eigenvalue weighted by atomic mass is 19.4. The number of carbonyl (C=O) groups excluding carboxylic acids is 1. The molecule has 16 heavy (non-hydrogen) atoms. The summed E-state index contributed by atoms with van der Waals surface area (Å²) in [6.07, 6.45) is -2.99. The summed E-state index contributed by atoms with van der Waals surface area (Å²) in [5, 5.41) is 0. The van der Waals surface area contributed by atoms with E-state index in [-0.39, 0.29) is 12.2 Å². The van der Waals surface area contributed by atoms with Crippen LogP contribution in [0.25, 0.3) is 0 Å². The standard InChI is InChI=1S/C11H11F3O2/c1-16-10-7-8(3-2-6-15)4-5-9(10)11(12,13)14/h4-7H,2-3H2,1H3. The van der Waals surface area contributed by atoms with Crippen molar-refractivity contribution in [2.24, 2.45) is 0 Å². The Labute approximate surface area is 91.0 Å². The zero-order valence-corrected chi connectivity index (χ0v) is 8.67. The number of carbonyl (C=O) groups is 1. The van der Waals surface area contributed by atoms with Crippen molar-refractivity contribution in [2.75, 3.05) is 7.11 Å². The van der Waals surface area contributed by atoms with Crippen molar-refractivity contribution in [1.29, 1.82) is 0 Å². The van der Waals surface area contributed by atoms with Gasteiger partial charge in [-0.2, -0.15) is 13.2 Å². The molecule has 0 spiro atoms. The highest BCUT2D eigenvalue weighted by Crippen LogP contribution is 2.36. The van der Waals surface area contributed by atoms with Crippen molar-refractivity contribution in [3.63, 3.8) is 0 Å². The normalized spacial score (nSPS) is 11.2. The fraction of sp³-hybridized carbons (Fsp3) is 0.364. The minimum Gasteiger partial charge on any atom is -0.496 e. The molecule has 0 aliphatic rings. The van der Waals surface area contributed by atoms with Gasteiger partial charge in [-0.05, 0) is 24.1 Å². The predicted molar refractivity (Wildman–Crippen MR) is 52.4 cm³/mol. The van der Waals surface area contributed by atoms with E-state index in [1.807, 2.05) is 0 Å². The van der Waals surface area contributed by atoms with E-state index in [1.54, 1.807) is 0 Å². The van der Waals surface area contributed by atoms with Crippen molar-refractivity contribution >= 4 is 6.29 Å². The number of halogens is 3. The highest BCUT2D eigenvalue weighted by molar-refractivity contribution is 5.50. The zero-order chi connectivity index (χ0) is 12.2. The van der Waals surface area contributed by atoms with Gasteiger partial charge in [0.25, 0.3) is 0 Å². The lowest BCUT2D eigenvalue weighted by atomic mass is 10.1. The lowest BCUT2D eigenvalue weighted by molar-refractivity contribution is -0.138. The molecule has 0 bridgehead atoms. The molecule has 0 N–H and O–H groups in total. The van der Waals surface area contributed by atoms with Gasteiger partial charge in [-0.25, -0.2) is 0 Å². The first kappa shape index (κ1) is 12.5. The number of alkyl halides is 3. The second-order valence-corrected chi connectivity index (χ2v) is 3.24. The Morgan fingerprint density at radius 3 is 2.56 bits per heavy atom. The van der Waals surface area contributed by atoms with Crippen LogP contribution < -0.4 is 4.74 Å². The van der Waals surface area contributed by atoms with Gasteiger partial charge in [-0.1, -0.05) is 6.07 Å². The van der Waals surface area contributed by atoms with Crippen LogP contribution in [0.1, 0.15) is 17.5 Å². The largest absolute Gasteiger partial charge is 0.496 e. The highest BCUT2D eigenvalue weighted by Gasteiger charge is 2.34. The van der Waals surface area contributed by atoms with Crippen LogP contribution in [-0.2, 0) is 17.4 Å². The SMILES string of the molecule is COc1cc(CCC=O)ccc1C(F)(F)F. The Morgan fingerprint density at radius 1 is 1.38 bits per heavy atom. The lowest BCUT2D eigenvalue weighted by Crippen LogP contribution is -2.07. The molecule has 1 aromatic carbocycles. The van der Waals surface area contributed by atoms with E-state index < -0.39 is 11.7 Å². The monoisotopic (exact) mass is 232 g/mol. The summed E-state index contributed by atoms with van der Waals surface area (Å²) in [5.74, 6) is -0.212. The summed E-state index contributed by atoms with van der Waals surface area (Å²) in [4.78, 5) is 10.1. The smallest absolute Gasteiger partial charge is 0.419 e. The molecule has 1 aromatic rings. The van der Waals surface area contributed by atoms with Crippen molar-refractivity contribution < 1.29 is 22.7 Å². The maximum atomic E-state index is 12.5. The van der Waals surface area contributed by atoms with E-state index in [1.165, 1.54) is 19.2 Å². The van der Waals surface area contributed by atoms with Crippen molar-refractivity contribution in [2.45, 2.75) is 19.0 Å². The van der Waals surface area contributed by atoms with Crippen LogP contribution in [0.5, 0.6) is 5.75 Å². The van der Waals surface area contributed by atoms with E-state index in [0.717, 1.165) is 12.4 Å². The second-order valence-electron chi connectivity index (χ2n) is 3.24. The second kappa shape index (κ2) is 5.01. The molecule has 0 aliphatic heterocycles. The molecule has 0 unspecified atom stereocenters. The zero-order valence-electron chi connectivity index (χ0n) is 8.67. The molecule has 0 atom stereocenters. The number of rotatable bonds is 4. The third-order valence-electron chi connectivity index (χ3n) is 2.12. The van der Waals surface area contributed by atoms with Crippen LogP contribution in [-0.4, -0.2) is 13.4 Å². The molecule has 0 aromatic heterocycles. The van der Waals surface area contributed by atoms with Gasteiger partial charge in [0, 0.05) is 6.42 Å². The maximum Gasteiger partial charge on any atom is 0.419 e. The summed E-state index contributed by atoms with van der Waals surface area (Å²) in [5.41, 5.74) is -0.151. The van der Waals surface area contributed by atoms with Gasteiger partial charge < -0.3 is 9.53 Å². The number of hydrogen-bond donors (Lipinski definition) is 0. The van der Waals surface area contributed by atoms with E-state index >= 15 is 0 Å². The number of benzene rings is 1. The molecule has 0 saturated carbocycles. The Morgan fingerprint density at radius 2 is 2.06 bits per heavy atom. The van der Waals surface area contributed by atoms with Crippen molar-refractivity contribution in [3.05, 3.63) is 29.3 Å². The topological polar surface area (TPSA) is 26.3 Å². The first-order valence-corrected chi connectivity index (χ1v) is 4.66. The molecular weight excluding hydrogens is 221 g/mol. The quantitative estimate of drug-likeness (QED) is 0.746. The number of ether oxygens (including phenoxy) is 1. The molecule has 0 aliphatic carbocycles. The van der Waals surface area contributed by atoms with Crippen LogP contribution in [0.4, 0.5) is 13.2 Å². The third kappa shape index (κ3) is 2.98. The van der Waals surface area contributed by atoms with Gasteiger partial charge in [-0.15, -0.1) is 0 Å². The molecule has 88 valence electrons. The fourth-order valence-electron chi connectivity index (χ4n) is 1.35. The van der Waals surface area contributed by atoms with Crippen molar-refractivity contribution in [3.8, 4) is 5.75 Å². The Kier molecular flexibility index (Phi) is 3.93. The first-order valence-electron chi connectivity index (χ1n) is 4.66. The van der Waals surface area contributed by atoms with E-state index in [0.29, 0.717) is 12.0 Å². The van der Waals surface area contributed by atoms with Gasteiger partial charge in [0.1, 0.15) is 12.0 Å². The van der Waals surface area contributed by atoms with Crippen LogP contribution in [0.3, 0.4) is 0 Å². The Bertz CT molecular complexity index is 372. The fourth-order valence-corrected chi connectivity index (χ4v) is 1.35. The molecule has 5 heteroatoms. The molecule has 2 nitrogen and oxygen atoms in total. The summed E-state index contributed by atoms with van der Waals surface area (Å²) in [6.45, 7) is 0. The van der Waals surface area contributed by atoms with Gasteiger partial charge >= 0.3 is 6.18 Å². The van der Waals surface area contributed by atoms with Crippen molar-refractivity contribution in [1.82, 2.24) is 0 Å². The number of aldehydes is 1. The van der Waals surface area contributed by atoms with Gasteiger partial charge in [0.2, 0.25) is 0 Å². The summed E-state index contributed by atoms with van der Waals surface area (Å²) in [6, 6.07) is 3.64.